The number of nitrogens with two attached hydrogens (primary N) is 1. The smallest absolute Gasteiger partial charge is 0.308 e. The molecule has 0 aliphatic rings. The number of nitrogens with zero attached hydrogens (tertiary/aromatic N) is 1. The van der Waals surface area contributed by atoms with Gasteiger partial charge in [-0.3, -0.25) is 4.79 Å². The molecule has 0 spiro atoms. The van der Waals surface area contributed by atoms with Crippen molar-refractivity contribution >= 4 is 17.5 Å². The summed E-state index contributed by atoms with van der Waals surface area (Å²) in [7, 11) is 0. The monoisotopic (exact) mass is 195 g/mol. The zero-order chi connectivity index (χ0) is 10.6. The number of anilines is 2. The van der Waals surface area contributed by atoms with Crippen molar-refractivity contribution in [3.05, 3.63) is 18.3 Å². The number of hydrogen-bond acceptors (Lipinski definition) is 4. The normalized spacial score (nSPS) is 12.1. The van der Waals surface area contributed by atoms with Crippen LogP contribution in [0.15, 0.2) is 18.3 Å². The zero-order valence-corrected chi connectivity index (χ0v) is 7.90. The van der Waals surface area contributed by atoms with Crippen LogP contribution in [0.2, 0.25) is 0 Å². The Morgan fingerprint density at radius 1 is 1.71 bits per heavy atom. The molecule has 1 atom stereocenters. The van der Waals surface area contributed by atoms with E-state index in [4.69, 9.17) is 10.8 Å². The molecule has 76 valence electrons. The van der Waals surface area contributed by atoms with Crippen molar-refractivity contribution < 1.29 is 9.90 Å². The summed E-state index contributed by atoms with van der Waals surface area (Å²) < 4.78 is 0. The van der Waals surface area contributed by atoms with Crippen molar-refractivity contribution in [1.82, 2.24) is 4.98 Å². The van der Waals surface area contributed by atoms with Crippen LogP contribution in [-0.2, 0) is 4.79 Å². The standard InChI is InChI=1S/C9H13N3O2/c1-6(9(13)14)4-11-7-2-3-8(10)12-5-7/h2-3,5-6,11H,4H2,1H3,(H2,10,12)(H,13,14). The quantitative estimate of drug-likeness (QED) is 0.661. The van der Waals surface area contributed by atoms with Crippen LogP contribution >= 0.6 is 0 Å². The molecular formula is C9H13N3O2. The maximum Gasteiger partial charge on any atom is 0.308 e. The Kier molecular flexibility index (Phi) is 3.28. The van der Waals surface area contributed by atoms with Crippen LogP contribution in [-0.4, -0.2) is 22.6 Å². The van der Waals surface area contributed by atoms with Gasteiger partial charge in [0, 0.05) is 6.54 Å². The largest absolute Gasteiger partial charge is 0.481 e. The molecule has 0 aliphatic carbocycles. The van der Waals surface area contributed by atoms with Gasteiger partial charge in [-0.25, -0.2) is 4.98 Å². The van der Waals surface area contributed by atoms with Gasteiger partial charge in [-0.2, -0.15) is 0 Å². The highest BCUT2D eigenvalue weighted by atomic mass is 16.4. The van der Waals surface area contributed by atoms with Gasteiger partial charge in [-0.05, 0) is 12.1 Å². The Morgan fingerprint density at radius 3 is 2.93 bits per heavy atom. The van der Waals surface area contributed by atoms with Crippen molar-refractivity contribution in [2.45, 2.75) is 6.92 Å². The van der Waals surface area contributed by atoms with Gasteiger partial charge in [-0.1, -0.05) is 6.92 Å². The number of aromatic nitrogens is 1. The molecule has 4 N–H and O–H groups in total. The van der Waals surface area contributed by atoms with Gasteiger partial charge in [0.15, 0.2) is 0 Å². The van der Waals surface area contributed by atoms with E-state index < -0.39 is 11.9 Å². The second kappa shape index (κ2) is 4.45. The van der Waals surface area contributed by atoms with E-state index in [2.05, 4.69) is 10.3 Å². The predicted molar refractivity (Wildman–Crippen MR) is 53.9 cm³/mol. The van der Waals surface area contributed by atoms with Crippen molar-refractivity contribution in [3.63, 3.8) is 0 Å². The third-order valence-electron chi connectivity index (χ3n) is 1.82. The molecule has 1 rings (SSSR count). The van der Waals surface area contributed by atoms with E-state index in [1.165, 1.54) is 0 Å². The average molecular weight is 195 g/mol. The van der Waals surface area contributed by atoms with Gasteiger partial charge in [0.05, 0.1) is 17.8 Å². The molecular weight excluding hydrogens is 182 g/mol. The lowest BCUT2D eigenvalue weighted by Crippen LogP contribution is -2.19. The lowest BCUT2D eigenvalue weighted by Gasteiger charge is -2.08. The van der Waals surface area contributed by atoms with Crippen LogP contribution in [0.25, 0.3) is 0 Å². The summed E-state index contributed by atoms with van der Waals surface area (Å²) in [4.78, 5) is 14.4. The molecule has 0 bridgehead atoms. The van der Waals surface area contributed by atoms with Gasteiger partial charge in [0.25, 0.3) is 0 Å². The predicted octanol–water partition coefficient (Wildman–Crippen LogP) is 0.796. The Bertz CT molecular complexity index is 310. The Hall–Kier alpha value is -1.78. The summed E-state index contributed by atoms with van der Waals surface area (Å²) in [5, 5.41) is 11.6. The lowest BCUT2D eigenvalue weighted by molar-refractivity contribution is -0.140. The third kappa shape index (κ3) is 2.93. The van der Waals surface area contributed by atoms with Crippen molar-refractivity contribution in [2.24, 2.45) is 5.92 Å². The Labute approximate surface area is 82.0 Å². The molecule has 0 saturated heterocycles. The molecule has 1 aromatic rings. The molecule has 5 heteroatoms. The fraction of sp³-hybridized carbons (Fsp3) is 0.333. The fourth-order valence-electron chi connectivity index (χ4n) is 0.868. The van der Waals surface area contributed by atoms with Gasteiger partial charge in [0.1, 0.15) is 5.82 Å². The number of carboxylic acid groups (broad SMARTS) is 1. The minimum absolute atomic E-state index is 0.376. The van der Waals surface area contributed by atoms with E-state index in [9.17, 15) is 4.79 Å². The first-order valence-corrected chi connectivity index (χ1v) is 4.28. The topological polar surface area (TPSA) is 88.2 Å². The highest BCUT2D eigenvalue weighted by Gasteiger charge is 2.09. The second-order valence-electron chi connectivity index (χ2n) is 3.09. The number of pyridine rings is 1. The van der Waals surface area contributed by atoms with Gasteiger partial charge < -0.3 is 16.2 Å². The molecule has 0 aliphatic heterocycles. The minimum Gasteiger partial charge on any atom is -0.481 e. The van der Waals surface area contributed by atoms with Gasteiger partial charge >= 0.3 is 5.97 Å². The molecule has 0 amide bonds. The maximum atomic E-state index is 10.5. The number of aliphatic carboxylic acids is 1. The number of nitrogens with one attached hydrogen (secondary N) is 1. The molecule has 14 heavy (non-hydrogen) atoms. The first kappa shape index (κ1) is 10.3. The number of nitrogen functional groups attached to an aromatic ring is 1. The van der Waals surface area contributed by atoms with E-state index in [0.29, 0.717) is 12.4 Å². The molecule has 0 fully saturated rings. The van der Waals surface area contributed by atoms with Crippen LogP contribution in [0, 0.1) is 5.92 Å². The fourth-order valence-corrected chi connectivity index (χ4v) is 0.868. The summed E-state index contributed by atoms with van der Waals surface area (Å²) in [6, 6.07) is 3.42. The molecule has 0 radical (unpaired) electrons. The van der Waals surface area contributed by atoms with E-state index in [1.807, 2.05) is 0 Å². The molecule has 0 aromatic carbocycles. The van der Waals surface area contributed by atoms with Crippen LogP contribution in [0.4, 0.5) is 11.5 Å². The van der Waals surface area contributed by atoms with E-state index in [1.54, 1.807) is 25.3 Å². The SMILES string of the molecule is CC(CNc1ccc(N)nc1)C(=O)O. The maximum absolute atomic E-state index is 10.5. The Balaban J connectivity index is 2.46. The number of hydrogen-bond donors (Lipinski definition) is 3. The summed E-state index contributed by atoms with van der Waals surface area (Å²) in [6.45, 7) is 2.01. The molecule has 1 aromatic heterocycles. The third-order valence-corrected chi connectivity index (χ3v) is 1.82. The van der Waals surface area contributed by atoms with Crippen LogP contribution < -0.4 is 11.1 Å². The van der Waals surface area contributed by atoms with Gasteiger partial charge in [0.2, 0.25) is 0 Å². The summed E-state index contributed by atoms with van der Waals surface area (Å²) >= 11 is 0. The number of carboxylic acids is 1. The number of rotatable bonds is 4. The van der Waals surface area contributed by atoms with E-state index >= 15 is 0 Å². The van der Waals surface area contributed by atoms with E-state index in [0.717, 1.165) is 5.69 Å². The molecule has 1 heterocycles. The van der Waals surface area contributed by atoms with Crippen LogP contribution in [0.1, 0.15) is 6.92 Å². The van der Waals surface area contributed by atoms with E-state index in [-0.39, 0.29) is 0 Å². The summed E-state index contributed by atoms with van der Waals surface area (Å²) in [6.07, 6.45) is 1.57. The molecule has 1 unspecified atom stereocenters. The first-order valence-electron chi connectivity index (χ1n) is 4.28. The van der Waals surface area contributed by atoms with Gasteiger partial charge in [-0.15, -0.1) is 0 Å². The molecule has 0 saturated carbocycles. The van der Waals surface area contributed by atoms with Crippen molar-refractivity contribution in [1.29, 1.82) is 0 Å². The van der Waals surface area contributed by atoms with Crippen LogP contribution in [0.5, 0.6) is 0 Å². The Morgan fingerprint density at radius 2 is 2.43 bits per heavy atom. The van der Waals surface area contributed by atoms with Crippen LogP contribution in [0.3, 0.4) is 0 Å². The zero-order valence-electron chi connectivity index (χ0n) is 7.90. The minimum atomic E-state index is -0.819. The second-order valence-corrected chi connectivity index (χ2v) is 3.09. The average Bonchev–Trinajstić information content (AvgIpc) is 2.16. The van der Waals surface area contributed by atoms with Crippen molar-refractivity contribution in [2.75, 3.05) is 17.6 Å². The summed E-state index contributed by atoms with van der Waals surface area (Å²) in [5.41, 5.74) is 6.17. The first-order chi connectivity index (χ1) is 6.59. The summed E-state index contributed by atoms with van der Waals surface area (Å²) in [5.74, 6) is -0.796. The van der Waals surface area contributed by atoms with Crippen molar-refractivity contribution in [3.8, 4) is 0 Å². The number of carbonyl (C=O) groups is 1. The highest BCUT2D eigenvalue weighted by molar-refractivity contribution is 5.70. The lowest BCUT2D eigenvalue weighted by atomic mass is 10.2. The molecule has 5 nitrogen and oxygen atoms in total. The highest BCUT2D eigenvalue weighted by Crippen LogP contribution is 2.07.